The number of halogens is 1. The van der Waals surface area contributed by atoms with E-state index >= 15 is 0 Å². The Kier molecular flexibility index (Phi) is 4.89. The summed E-state index contributed by atoms with van der Waals surface area (Å²) in [5.41, 5.74) is 0.898. The highest BCUT2D eigenvalue weighted by Gasteiger charge is 2.22. The second-order valence-corrected chi connectivity index (χ2v) is 5.68. The molecule has 1 aromatic rings. The Morgan fingerprint density at radius 3 is 2.58 bits per heavy atom. The molecule has 0 fully saturated rings. The Morgan fingerprint density at radius 1 is 1.42 bits per heavy atom. The zero-order chi connectivity index (χ0) is 14.6. The zero-order valence-electron chi connectivity index (χ0n) is 11.7. The number of aryl methyl sites for hydroxylation is 1. The molecule has 2 amide bonds. The summed E-state index contributed by atoms with van der Waals surface area (Å²) in [4.78, 5) is 11.7. The van der Waals surface area contributed by atoms with Crippen molar-refractivity contribution in [2.75, 3.05) is 11.9 Å². The van der Waals surface area contributed by atoms with Crippen LogP contribution in [0.5, 0.6) is 0 Å². The number of urea groups is 1. The average molecular weight is 268 g/mol. The van der Waals surface area contributed by atoms with E-state index in [2.05, 4.69) is 10.6 Å². The third-order valence-electron chi connectivity index (χ3n) is 2.89. The van der Waals surface area contributed by atoms with E-state index < -0.39 is 12.1 Å². The molecule has 0 aliphatic carbocycles. The van der Waals surface area contributed by atoms with E-state index in [1.807, 2.05) is 20.8 Å². The molecule has 1 atom stereocenters. The molecule has 0 spiro atoms. The number of hydrogen-bond acceptors (Lipinski definition) is 2. The number of aliphatic hydroxyl groups is 1. The first kappa shape index (κ1) is 15.4. The first-order valence-electron chi connectivity index (χ1n) is 6.19. The van der Waals surface area contributed by atoms with Gasteiger partial charge in [-0.1, -0.05) is 20.8 Å². The topological polar surface area (TPSA) is 61.4 Å². The summed E-state index contributed by atoms with van der Waals surface area (Å²) >= 11 is 0. The minimum absolute atomic E-state index is 0.162. The SMILES string of the molecule is Cc1cc(F)ccc1NC(=O)NCC(O)C(C)(C)C. The molecule has 1 rings (SSSR count). The lowest BCUT2D eigenvalue weighted by Gasteiger charge is -2.25. The van der Waals surface area contributed by atoms with Gasteiger partial charge in [-0.2, -0.15) is 0 Å². The van der Waals surface area contributed by atoms with Gasteiger partial charge in [0.1, 0.15) is 5.82 Å². The minimum Gasteiger partial charge on any atom is -0.391 e. The molecular formula is C14H21FN2O2. The number of carbonyl (C=O) groups is 1. The van der Waals surface area contributed by atoms with Crippen molar-refractivity contribution >= 4 is 11.7 Å². The second kappa shape index (κ2) is 6.02. The lowest BCUT2D eigenvalue weighted by Crippen LogP contribution is -2.40. The first-order chi connectivity index (χ1) is 8.70. The van der Waals surface area contributed by atoms with E-state index in [1.165, 1.54) is 18.2 Å². The molecule has 4 nitrogen and oxygen atoms in total. The van der Waals surface area contributed by atoms with Crippen molar-refractivity contribution in [3.63, 3.8) is 0 Å². The van der Waals surface area contributed by atoms with Crippen molar-refractivity contribution in [2.45, 2.75) is 33.8 Å². The summed E-state index contributed by atoms with van der Waals surface area (Å²) in [5, 5.41) is 15.0. The molecule has 0 saturated carbocycles. The average Bonchev–Trinajstić information content (AvgIpc) is 2.28. The highest BCUT2D eigenvalue weighted by molar-refractivity contribution is 5.90. The molecule has 1 unspecified atom stereocenters. The van der Waals surface area contributed by atoms with Crippen LogP contribution in [0.25, 0.3) is 0 Å². The minimum atomic E-state index is -0.632. The van der Waals surface area contributed by atoms with Crippen molar-refractivity contribution in [1.82, 2.24) is 5.32 Å². The Hall–Kier alpha value is -1.62. The fourth-order valence-electron chi connectivity index (χ4n) is 1.43. The highest BCUT2D eigenvalue weighted by Crippen LogP contribution is 2.18. The number of benzene rings is 1. The molecule has 0 heterocycles. The molecule has 0 aliphatic heterocycles. The summed E-state index contributed by atoms with van der Waals surface area (Å²) in [6, 6.07) is 3.72. The third kappa shape index (κ3) is 4.87. The van der Waals surface area contributed by atoms with Gasteiger partial charge in [0, 0.05) is 12.2 Å². The van der Waals surface area contributed by atoms with E-state index in [0.717, 1.165) is 0 Å². The van der Waals surface area contributed by atoms with Gasteiger partial charge >= 0.3 is 6.03 Å². The summed E-state index contributed by atoms with van der Waals surface area (Å²) < 4.78 is 12.9. The van der Waals surface area contributed by atoms with Gasteiger partial charge in [-0.25, -0.2) is 9.18 Å². The van der Waals surface area contributed by atoms with Crippen molar-refractivity contribution in [3.8, 4) is 0 Å². The van der Waals surface area contributed by atoms with Crippen LogP contribution >= 0.6 is 0 Å². The summed E-state index contributed by atoms with van der Waals surface area (Å²) in [6.45, 7) is 7.54. The first-order valence-corrected chi connectivity index (χ1v) is 6.19. The molecule has 0 aliphatic rings. The largest absolute Gasteiger partial charge is 0.391 e. The van der Waals surface area contributed by atoms with Crippen LogP contribution in [-0.2, 0) is 0 Å². The summed E-state index contributed by atoms with van der Waals surface area (Å²) in [7, 11) is 0. The molecule has 3 N–H and O–H groups in total. The second-order valence-electron chi connectivity index (χ2n) is 5.68. The highest BCUT2D eigenvalue weighted by atomic mass is 19.1. The number of anilines is 1. The fraction of sp³-hybridized carbons (Fsp3) is 0.500. The number of amides is 2. The maximum atomic E-state index is 12.9. The Labute approximate surface area is 113 Å². The van der Waals surface area contributed by atoms with Crippen molar-refractivity contribution in [3.05, 3.63) is 29.6 Å². The van der Waals surface area contributed by atoms with Crippen LogP contribution < -0.4 is 10.6 Å². The monoisotopic (exact) mass is 268 g/mol. The number of carbonyl (C=O) groups excluding carboxylic acids is 1. The maximum Gasteiger partial charge on any atom is 0.319 e. The molecule has 19 heavy (non-hydrogen) atoms. The number of rotatable bonds is 3. The smallest absolute Gasteiger partial charge is 0.319 e. The van der Waals surface area contributed by atoms with Crippen LogP contribution in [-0.4, -0.2) is 23.8 Å². The van der Waals surface area contributed by atoms with E-state index in [0.29, 0.717) is 11.3 Å². The lowest BCUT2D eigenvalue weighted by molar-refractivity contribution is 0.0654. The fourth-order valence-corrected chi connectivity index (χ4v) is 1.43. The molecule has 0 aromatic heterocycles. The van der Waals surface area contributed by atoms with Gasteiger partial charge in [-0.15, -0.1) is 0 Å². The zero-order valence-corrected chi connectivity index (χ0v) is 11.7. The van der Waals surface area contributed by atoms with E-state index in [9.17, 15) is 14.3 Å². The Bertz CT molecular complexity index is 455. The lowest BCUT2D eigenvalue weighted by atomic mass is 9.89. The molecule has 1 aromatic carbocycles. The van der Waals surface area contributed by atoms with Crippen LogP contribution in [0.3, 0.4) is 0 Å². The van der Waals surface area contributed by atoms with Crippen molar-refractivity contribution in [1.29, 1.82) is 0 Å². The predicted octanol–water partition coefficient (Wildman–Crippen LogP) is 2.66. The van der Waals surface area contributed by atoms with E-state index in [1.54, 1.807) is 6.92 Å². The van der Waals surface area contributed by atoms with Crippen LogP contribution in [0.4, 0.5) is 14.9 Å². The quantitative estimate of drug-likeness (QED) is 0.789. The normalized spacial score (nSPS) is 12.9. The van der Waals surface area contributed by atoms with Crippen molar-refractivity contribution < 1.29 is 14.3 Å². The third-order valence-corrected chi connectivity index (χ3v) is 2.89. The molecule has 106 valence electrons. The van der Waals surface area contributed by atoms with E-state index in [4.69, 9.17) is 0 Å². The van der Waals surface area contributed by atoms with Gasteiger partial charge in [0.05, 0.1) is 6.10 Å². The molecule has 0 radical (unpaired) electrons. The van der Waals surface area contributed by atoms with Crippen LogP contribution in [0.1, 0.15) is 26.3 Å². The van der Waals surface area contributed by atoms with Gasteiger partial charge in [-0.3, -0.25) is 0 Å². The number of nitrogens with one attached hydrogen (secondary N) is 2. The van der Waals surface area contributed by atoms with Gasteiger partial charge in [-0.05, 0) is 36.1 Å². The van der Waals surface area contributed by atoms with Crippen molar-refractivity contribution in [2.24, 2.45) is 5.41 Å². The molecule has 0 saturated heterocycles. The Balaban J connectivity index is 2.52. The summed E-state index contributed by atoms with van der Waals surface area (Å²) in [6.07, 6.45) is -0.632. The molecule has 5 heteroatoms. The van der Waals surface area contributed by atoms with Gasteiger partial charge in [0.15, 0.2) is 0 Å². The van der Waals surface area contributed by atoms with Gasteiger partial charge in [0.25, 0.3) is 0 Å². The van der Waals surface area contributed by atoms with Gasteiger partial charge < -0.3 is 15.7 Å². The molecule has 0 bridgehead atoms. The predicted molar refractivity (Wildman–Crippen MR) is 73.6 cm³/mol. The van der Waals surface area contributed by atoms with Crippen LogP contribution in [0.2, 0.25) is 0 Å². The standard InChI is InChI=1S/C14H21FN2O2/c1-9-7-10(15)5-6-11(9)17-13(19)16-8-12(18)14(2,3)4/h5-7,12,18H,8H2,1-4H3,(H2,16,17,19). The van der Waals surface area contributed by atoms with Crippen LogP contribution in [0, 0.1) is 18.2 Å². The Morgan fingerprint density at radius 2 is 2.05 bits per heavy atom. The van der Waals surface area contributed by atoms with E-state index in [-0.39, 0.29) is 17.8 Å². The maximum absolute atomic E-state index is 12.9. The number of hydrogen-bond donors (Lipinski definition) is 3. The molecular weight excluding hydrogens is 247 g/mol. The number of aliphatic hydroxyl groups excluding tert-OH is 1. The van der Waals surface area contributed by atoms with Gasteiger partial charge in [0.2, 0.25) is 0 Å². The van der Waals surface area contributed by atoms with Crippen LogP contribution in [0.15, 0.2) is 18.2 Å². The summed E-state index contributed by atoms with van der Waals surface area (Å²) in [5.74, 6) is -0.341.